The molecule has 0 radical (unpaired) electrons. The summed E-state index contributed by atoms with van der Waals surface area (Å²) in [7, 11) is 0. The second-order valence-electron chi connectivity index (χ2n) is 4.75. The number of hydrogen-bond acceptors (Lipinski definition) is 2. The van der Waals surface area contributed by atoms with Crippen molar-refractivity contribution in [3.05, 3.63) is 35.9 Å². The predicted octanol–water partition coefficient (Wildman–Crippen LogP) is 2.14. The summed E-state index contributed by atoms with van der Waals surface area (Å²) in [6.45, 7) is 0. The Morgan fingerprint density at radius 2 is 1.82 bits per heavy atom. The van der Waals surface area contributed by atoms with E-state index in [9.17, 15) is 4.79 Å². The molecule has 1 fully saturated rings. The lowest BCUT2D eigenvalue weighted by atomic mass is 9.94. The molecule has 0 spiro atoms. The fourth-order valence-electron chi connectivity index (χ4n) is 2.49. The number of rotatable bonds is 4. The normalized spacial score (nSPS) is 18.8. The molecule has 0 aliphatic heterocycles. The Morgan fingerprint density at radius 1 is 1.18 bits per heavy atom. The Kier molecular flexibility index (Phi) is 4.15. The molecule has 0 bridgehead atoms. The second-order valence-corrected chi connectivity index (χ2v) is 4.75. The molecule has 1 atom stereocenters. The minimum atomic E-state index is -0.348. The van der Waals surface area contributed by atoms with Crippen LogP contribution in [0.5, 0.6) is 0 Å². The molecule has 1 aromatic carbocycles. The molecule has 1 saturated carbocycles. The summed E-state index contributed by atoms with van der Waals surface area (Å²) in [5.41, 5.74) is 6.45. The minimum absolute atomic E-state index is 0.290. The lowest BCUT2D eigenvalue weighted by molar-refractivity contribution is -0.120. The Labute approximate surface area is 102 Å². The summed E-state index contributed by atoms with van der Waals surface area (Å²) < 4.78 is 0. The summed E-state index contributed by atoms with van der Waals surface area (Å²) in [6, 6.07) is 9.81. The molecule has 3 N–H and O–H groups in total. The van der Waals surface area contributed by atoms with Crippen molar-refractivity contribution in [3.8, 4) is 0 Å². The third-order valence-corrected chi connectivity index (χ3v) is 3.42. The molecule has 3 nitrogen and oxygen atoms in total. The van der Waals surface area contributed by atoms with Gasteiger partial charge in [0.05, 0.1) is 0 Å². The van der Waals surface area contributed by atoms with E-state index in [0.29, 0.717) is 6.04 Å². The molecule has 92 valence electrons. The highest BCUT2D eigenvalue weighted by molar-refractivity contribution is 5.81. The Bertz CT molecular complexity index is 358. The highest BCUT2D eigenvalue weighted by atomic mass is 16.1. The van der Waals surface area contributed by atoms with Gasteiger partial charge in [0.2, 0.25) is 5.91 Å². The maximum Gasteiger partial charge on any atom is 0.239 e. The maximum atomic E-state index is 11.5. The van der Waals surface area contributed by atoms with Crippen LogP contribution >= 0.6 is 0 Å². The van der Waals surface area contributed by atoms with Crippen LogP contribution in [0.3, 0.4) is 0 Å². The van der Waals surface area contributed by atoms with Crippen LogP contribution in [0.2, 0.25) is 0 Å². The second kappa shape index (κ2) is 5.82. The van der Waals surface area contributed by atoms with E-state index in [1.807, 2.05) is 30.3 Å². The third kappa shape index (κ3) is 3.30. The van der Waals surface area contributed by atoms with Crippen molar-refractivity contribution in [2.75, 3.05) is 0 Å². The van der Waals surface area contributed by atoms with Gasteiger partial charge in [-0.3, -0.25) is 10.1 Å². The summed E-state index contributed by atoms with van der Waals surface area (Å²) >= 11 is 0. The Hall–Kier alpha value is -1.35. The molecule has 17 heavy (non-hydrogen) atoms. The van der Waals surface area contributed by atoms with Crippen LogP contribution in [0.4, 0.5) is 0 Å². The third-order valence-electron chi connectivity index (χ3n) is 3.42. The zero-order chi connectivity index (χ0) is 12.1. The summed E-state index contributed by atoms with van der Waals surface area (Å²) in [4.78, 5) is 11.5. The van der Waals surface area contributed by atoms with Gasteiger partial charge in [0.25, 0.3) is 0 Å². The number of benzene rings is 1. The molecule has 0 saturated heterocycles. The lowest BCUT2D eigenvalue weighted by Gasteiger charge is -2.27. The van der Waals surface area contributed by atoms with Gasteiger partial charge in [0.15, 0.2) is 0 Å². The molecular formula is C14H20N2O. The smallest absolute Gasteiger partial charge is 0.239 e. The molecule has 0 aromatic heterocycles. The van der Waals surface area contributed by atoms with E-state index < -0.39 is 0 Å². The number of nitrogens with one attached hydrogen (secondary N) is 1. The topological polar surface area (TPSA) is 55.1 Å². The average molecular weight is 232 g/mol. The zero-order valence-corrected chi connectivity index (χ0v) is 10.1. The van der Waals surface area contributed by atoms with Crippen molar-refractivity contribution in [1.82, 2.24) is 5.32 Å². The van der Waals surface area contributed by atoms with E-state index in [2.05, 4.69) is 5.32 Å². The molecule has 3 heteroatoms. The van der Waals surface area contributed by atoms with E-state index in [1.165, 1.54) is 19.3 Å². The first kappa shape index (κ1) is 12.1. The highest BCUT2D eigenvalue weighted by Gasteiger charge is 2.22. The highest BCUT2D eigenvalue weighted by Crippen LogP contribution is 2.21. The fourth-order valence-corrected chi connectivity index (χ4v) is 2.49. The van der Waals surface area contributed by atoms with Gasteiger partial charge in [-0.25, -0.2) is 0 Å². The SMILES string of the molecule is NC(=O)[C@H](NC1CCCCC1)c1ccccc1. The number of amides is 1. The van der Waals surface area contributed by atoms with Crippen molar-refractivity contribution in [2.45, 2.75) is 44.2 Å². The zero-order valence-electron chi connectivity index (χ0n) is 10.1. The van der Waals surface area contributed by atoms with Crippen LogP contribution in [0, 0.1) is 0 Å². The van der Waals surface area contributed by atoms with Crippen molar-refractivity contribution in [3.63, 3.8) is 0 Å². The van der Waals surface area contributed by atoms with Crippen LogP contribution in [0.25, 0.3) is 0 Å². The van der Waals surface area contributed by atoms with Gasteiger partial charge >= 0.3 is 0 Å². The van der Waals surface area contributed by atoms with E-state index in [1.54, 1.807) is 0 Å². The van der Waals surface area contributed by atoms with Crippen LogP contribution in [0.15, 0.2) is 30.3 Å². The summed E-state index contributed by atoms with van der Waals surface area (Å²) in [5.74, 6) is -0.290. The number of primary amides is 1. The van der Waals surface area contributed by atoms with Gasteiger partial charge < -0.3 is 5.73 Å². The first-order valence-corrected chi connectivity index (χ1v) is 6.37. The fraction of sp³-hybridized carbons (Fsp3) is 0.500. The lowest BCUT2D eigenvalue weighted by Crippen LogP contribution is -2.40. The Balaban J connectivity index is 2.05. The molecule has 1 aliphatic rings. The van der Waals surface area contributed by atoms with Crippen LogP contribution in [0.1, 0.15) is 43.7 Å². The minimum Gasteiger partial charge on any atom is -0.368 e. The van der Waals surface area contributed by atoms with E-state index in [0.717, 1.165) is 18.4 Å². The van der Waals surface area contributed by atoms with Crippen molar-refractivity contribution < 1.29 is 4.79 Å². The number of carbonyl (C=O) groups is 1. The maximum absolute atomic E-state index is 11.5. The monoisotopic (exact) mass is 232 g/mol. The van der Waals surface area contributed by atoms with Crippen LogP contribution in [-0.4, -0.2) is 11.9 Å². The van der Waals surface area contributed by atoms with Crippen molar-refractivity contribution in [1.29, 1.82) is 0 Å². The predicted molar refractivity (Wildman–Crippen MR) is 68.4 cm³/mol. The van der Waals surface area contributed by atoms with Crippen LogP contribution < -0.4 is 11.1 Å². The average Bonchev–Trinajstić information content (AvgIpc) is 2.38. The molecule has 0 heterocycles. The first-order valence-electron chi connectivity index (χ1n) is 6.37. The van der Waals surface area contributed by atoms with Crippen LogP contribution in [-0.2, 0) is 4.79 Å². The standard InChI is InChI=1S/C14H20N2O/c15-14(17)13(11-7-3-1-4-8-11)16-12-9-5-2-6-10-12/h1,3-4,7-8,12-13,16H,2,5-6,9-10H2,(H2,15,17)/t13-/m1/s1. The Morgan fingerprint density at radius 3 is 2.41 bits per heavy atom. The van der Waals surface area contributed by atoms with Gasteiger partial charge in [0.1, 0.15) is 6.04 Å². The van der Waals surface area contributed by atoms with Gasteiger partial charge in [-0.2, -0.15) is 0 Å². The first-order chi connectivity index (χ1) is 8.27. The van der Waals surface area contributed by atoms with Gasteiger partial charge in [-0.15, -0.1) is 0 Å². The number of hydrogen-bond donors (Lipinski definition) is 2. The largest absolute Gasteiger partial charge is 0.368 e. The van der Waals surface area contributed by atoms with Gasteiger partial charge in [-0.1, -0.05) is 49.6 Å². The summed E-state index contributed by atoms with van der Waals surface area (Å²) in [5, 5.41) is 3.40. The number of carbonyl (C=O) groups excluding carboxylic acids is 1. The molecule has 1 aliphatic carbocycles. The van der Waals surface area contributed by atoms with Gasteiger partial charge in [0, 0.05) is 6.04 Å². The molecule has 1 aromatic rings. The van der Waals surface area contributed by atoms with Crippen molar-refractivity contribution in [2.24, 2.45) is 5.73 Å². The molecular weight excluding hydrogens is 212 g/mol. The quantitative estimate of drug-likeness (QED) is 0.835. The van der Waals surface area contributed by atoms with E-state index in [4.69, 9.17) is 5.73 Å². The molecule has 0 unspecified atom stereocenters. The van der Waals surface area contributed by atoms with E-state index in [-0.39, 0.29) is 11.9 Å². The molecule has 1 amide bonds. The van der Waals surface area contributed by atoms with Crippen molar-refractivity contribution >= 4 is 5.91 Å². The summed E-state index contributed by atoms with van der Waals surface area (Å²) in [6.07, 6.45) is 6.11. The van der Waals surface area contributed by atoms with Gasteiger partial charge in [-0.05, 0) is 18.4 Å². The molecule has 2 rings (SSSR count). The van der Waals surface area contributed by atoms with E-state index >= 15 is 0 Å². The number of nitrogens with two attached hydrogens (primary N) is 1.